The topological polar surface area (TPSA) is 79.3 Å². The average molecular weight is 336 g/mol. The second kappa shape index (κ2) is 7.63. The van der Waals surface area contributed by atoms with E-state index in [1.807, 2.05) is 12.1 Å². The Morgan fingerprint density at radius 3 is 2.75 bits per heavy atom. The third-order valence-corrected chi connectivity index (χ3v) is 3.93. The number of amides is 1. The Bertz CT molecular complexity index is 604. The standard InChI is InChI=1S/C17H24N2O5/c1-17(16(22)18(2)3)12-19(8-9-24-17)10-13-6-4-5-7-14(13)23-11-15(20)21/h4-7H,8-12H2,1-3H3,(H,20,21). The zero-order chi connectivity index (χ0) is 17.7. The quantitative estimate of drug-likeness (QED) is 0.829. The van der Waals surface area contributed by atoms with Gasteiger partial charge in [0.15, 0.2) is 12.2 Å². The molecule has 1 unspecified atom stereocenters. The summed E-state index contributed by atoms with van der Waals surface area (Å²) >= 11 is 0. The van der Waals surface area contributed by atoms with Crippen molar-refractivity contribution >= 4 is 11.9 Å². The Morgan fingerprint density at radius 2 is 2.08 bits per heavy atom. The van der Waals surface area contributed by atoms with Crippen LogP contribution in [0.4, 0.5) is 0 Å². The Labute approximate surface area is 141 Å². The molecule has 0 aliphatic carbocycles. The molecule has 1 amide bonds. The Kier molecular flexibility index (Phi) is 5.80. The molecule has 1 aromatic rings. The number of nitrogens with zero attached hydrogens (tertiary/aromatic N) is 2. The summed E-state index contributed by atoms with van der Waals surface area (Å²) in [6.45, 7) is 3.62. The van der Waals surface area contributed by atoms with Crippen molar-refractivity contribution in [2.24, 2.45) is 0 Å². The van der Waals surface area contributed by atoms with Gasteiger partial charge in [0.05, 0.1) is 6.61 Å². The highest BCUT2D eigenvalue weighted by Gasteiger charge is 2.40. The first-order valence-electron chi connectivity index (χ1n) is 7.82. The molecule has 132 valence electrons. The number of carboxylic acids is 1. The van der Waals surface area contributed by atoms with E-state index in [1.165, 1.54) is 4.90 Å². The number of likely N-dealkylation sites (N-methyl/N-ethyl adjacent to an activating group) is 1. The van der Waals surface area contributed by atoms with Crippen molar-refractivity contribution in [2.45, 2.75) is 19.1 Å². The predicted octanol–water partition coefficient (Wildman–Crippen LogP) is 0.829. The maximum atomic E-state index is 12.3. The highest BCUT2D eigenvalue weighted by molar-refractivity contribution is 5.84. The average Bonchev–Trinajstić information content (AvgIpc) is 2.53. The largest absolute Gasteiger partial charge is 0.482 e. The van der Waals surface area contributed by atoms with Crippen LogP contribution < -0.4 is 4.74 Å². The number of hydrogen-bond acceptors (Lipinski definition) is 5. The van der Waals surface area contributed by atoms with E-state index in [9.17, 15) is 9.59 Å². The molecule has 1 N–H and O–H groups in total. The maximum absolute atomic E-state index is 12.3. The van der Waals surface area contributed by atoms with Crippen LogP contribution in [0.25, 0.3) is 0 Å². The first kappa shape index (κ1) is 18.2. The fourth-order valence-corrected chi connectivity index (χ4v) is 2.84. The van der Waals surface area contributed by atoms with E-state index in [4.69, 9.17) is 14.6 Å². The second-order valence-corrected chi connectivity index (χ2v) is 6.28. The number of rotatable bonds is 6. The van der Waals surface area contributed by atoms with Crippen LogP contribution in [0.2, 0.25) is 0 Å². The van der Waals surface area contributed by atoms with E-state index in [-0.39, 0.29) is 12.5 Å². The molecule has 0 saturated carbocycles. The van der Waals surface area contributed by atoms with E-state index in [0.29, 0.717) is 32.0 Å². The molecule has 0 aromatic heterocycles. The van der Waals surface area contributed by atoms with Gasteiger partial charge in [0.2, 0.25) is 0 Å². The smallest absolute Gasteiger partial charge is 0.341 e. The van der Waals surface area contributed by atoms with Crippen molar-refractivity contribution in [1.82, 2.24) is 9.80 Å². The zero-order valence-corrected chi connectivity index (χ0v) is 14.3. The minimum absolute atomic E-state index is 0.0670. The molecule has 1 aromatic carbocycles. The molecule has 1 heterocycles. The molecule has 1 aliphatic rings. The van der Waals surface area contributed by atoms with Crippen LogP contribution >= 0.6 is 0 Å². The number of morpholine rings is 1. The fourth-order valence-electron chi connectivity index (χ4n) is 2.84. The van der Waals surface area contributed by atoms with E-state index in [0.717, 1.165) is 5.56 Å². The lowest BCUT2D eigenvalue weighted by Gasteiger charge is -2.40. The van der Waals surface area contributed by atoms with Gasteiger partial charge in [-0.2, -0.15) is 0 Å². The number of hydrogen-bond donors (Lipinski definition) is 1. The molecule has 1 fully saturated rings. The van der Waals surface area contributed by atoms with Gasteiger partial charge in [0.1, 0.15) is 5.75 Å². The van der Waals surface area contributed by atoms with Crippen LogP contribution in [0.15, 0.2) is 24.3 Å². The van der Waals surface area contributed by atoms with Crippen molar-refractivity contribution in [3.05, 3.63) is 29.8 Å². The minimum Gasteiger partial charge on any atom is -0.482 e. The second-order valence-electron chi connectivity index (χ2n) is 6.28. The molecule has 0 radical (unpaired) electrons. The van der Waals surface area contributed by atoms with Gasteiger partial charge in [-0.3, -0.25) is 9.69 Å². The van der Waals surface area contributed by atoms with Crippen molar-refractivity contribution < 1.29 is 24.2 Å². The van der Waals surface area contributed by atoms with E-state index in [1.54, 1.807) is 33.2 Å². The van der Waals surface area contributed by atoms with E-state index >= 15 is 0 Å². The van der Waals surface area contributed by atoms with Crippen molar-refractivity contribution in [3.63, 3.8) is 0 Å². The summed E-state index contributed by atoms with van der Waals surface area (Å²) < 4.78 is 11.1. The number of carboxylic acid groups (broad SMARTS) is 1. The number of carbonyl (C=O) groups excluding carboxylic acids is 1. The summed E-state index contributed by atoms with van der Waals surface area (Å²) in [5.74, 6) is -0.532. The summed E-state index contributed by atoms with van der Waals surface area (Å²) in [6.07, 6.45) is 0. The monoisotopic (exact) mass is 336 g/mol. The molecule has 1 atom stereocenters. The minimum atomic E-state index is -1.01. The van der Waals surface area contributed by atoms with E-state index < -0.39 is 11.6 Å². The SMILES string of the molecule is CN(C)C(=O)C1(C)CN(Cc2ccccc2OCC(=O)O)CCO1. The lowest BCUT2D eigenvalue weighted by atomic mass is 10.0. The van der Waals surface area contributed by atoms with Crippen LogP contribution in [0.5, 0.6) is 5.75 Å². The van der Waals surface area contributed by atoms with Crippen molar-refractivity contribution in [1.29, 1.82) is 0 Å². The van der Waals surface area contributed by atoms with Crippen LogP contribution in [0.3, 0.4) is 0 Å². The van der Waals surface area contributed by atoms with Gasteiger partial charge >= 0.3 is 5.97 Å². The van der Waals surface area contributed by atoms with Crippen LogP contribution in [0, 0.1) is 0 Å². The lowest BCUT2D eigenvalue weighted by Crippen LogP contribution is -2.57. The van der Waals surface area contributed by atoms with Crippen LogP contribution in [-0.2, 0) is 20.9 Å². The Morgan fingerprint density at radius 1 is 1.38 bits per heavy atom. The zero-order valence-electron chi connectivity index (χ0n) is 14.3. The molecule has 7 heteroatoms. The van der Waals surface area contributed by atoms with Gasteiger partial charge < -0.3 is 19.5 Å². The Hall–Kier alpha value is -2.12. The van der Waals surface area contributed by atoms with Gasteiger partial charge in [0, 0.05) is 39.3 Å². The van der Waals surface area contributed by atoms with Crippen LogP contribution in [-0.4, -0.2) is 72.8 Å². The number of carbonyl (C=O) groups is 2. The third kappa shape index (κ3) is 4.46. The van der Waals surface area contributed by atoms with Gasteiger partial charge in [-0.15, -0.1) is 0 Å². The first-order chi connectivity index (χ1) is 11.3. The van der Waals surface area contributed by atoms with Gasteiger partial charge in [-0.25, -0.2) is 4.79 Å². The fraction of sp³-hybridized carbons (Fsp3) is 0.529. The van der Waals surface area contributed by atoms with Gasteiger partial charge in [0.25, 0.3) is 5.91 Å². The number of ether oxygens (including phenoxy) is 2. The van der Waals surface area contributed by atoms with Crippen LogP contribution in [0.1, 0.15) is 12.5 Å². The van der Waals surface area contributed by atoms with E-state index in [2.05, 4.69) is 4.90 Å². The highest BCUT2D eigenvalue weighted by Crippen LogP contribution is 2.24. The molecule has 1 saturated heterocycles. The molecule has 24 heavy (non-hydrogen) atoms. The molecular formula is C17H24N2O5. The molecule has 0 bridgehead atoms. The number of aliphatic carboxylic acids is 1. The van der Waals surface area contributed by atoms with Gasteiger partial charge in [-0.05, 0) is 13.0 Å². The maximum Gasteiger partial charge on any atom is 0.341 e. The predicted molar refractivity (Wildman–Crippen MR) is 87.9 cm³/mol. The molecule has 0 spiro atoms. The summed E-state index contributed by atoms with van der Waals surface area (Å²) in [5.41, 5.74) is 0.0128. The summed E-state index contributed by atoms with van der Waals surface area (Å²) in [6, 6.07) is 7.34. The molecule has 7 nitrogen and oxygen atoms in total. The summed E-state index contributed by atoms with van der Waals surface area (Å²) in [7, 11) is 3.43. The molecule has 2 rings (SSSR count). The summed E-state index contributed by atoms with van der Waals surface area (Å²) in [5, 5.41) is 8.77. The molecule has 1 aliphatic heterocycles. The Balaban J connectivity index is 2.08. The highest BCUT2D eigenvalue weighted by atomic mass is 16.5. The van der Waals surface area contributed by atoms with Crippen molar-refractivity contribution in [2.75, 3.05) is 40.4 Å². The first-order valence-corrected chi connectivity index (χ1v) is 7.82. The summed E-state index contributed by atoms with van der Waals surface area (Å²) in [4.78, 5) is 26.7. The normalized spacial score (nSPS) is 21.3. The van der Waals surface area contributed by atoms with Crippen molar-refractivity contribution in [3.8, 4) is 5.75 Å². The molecular weight excluding hydrogens is 312 g/mol. The lowest BCUT2D eigenvalue weighted by molar-refractivity contribution is -0.165. The van der Waals surface area contributed by atoms with Gasteiger partial charge in [-0.1, -0.05) is 18.2 Å². The number of benzene rings is 1. The third-order valence-electron chi connectivity index (χ3n) is 3.93. The number of para-hydroxylation sites is 1.